The Bertz CT molecular complexity index is 214. The largest absolute Gasteiger partial charge is 0.480 e. The fourth-order valence-electron chi connectivity index (χ4n) is 1.62. The van der Waals surface area contributed by atoms with Crippen molar-refractivity contribution in [2.24, 2.45) is 5.41 Å². The maximum Gasteiger partial charge on any atom is 0.317 e. The molecule has 0 spiro atoms. The molecule has 0 aromatic carbocycles. The lowest BCUT2D eigenvalue weighted by molar-refractivity contribution is -0.138. The summed E-state index contributed by atoms with van der Waals surface area (Å²) in [5.74, 6) is 0.157. The second-order valence-corrected chi connectivity index (χ2v) is 6.62. The summed E-state index contributed by atoms with van der Waals surface area (Å²) in [6.45, 7) is 5.65. The Morgan fingerprint density at radius 1 is 1.18 bits per heavy atom. The first-order valence-corrected chi connectivity index (χ1v) is 7.35. The summed E-state index contributed by atoms with van der Waals surface area (Å²) in [6, 6.07) is 0. The lowest BCUT2D eigenvalue weighted by Gasteiger charge is -2.26. The van der Waals surface area contributed by atoms with Crippen LogP contribution in [0, 0.1) is 5.41 Å². The molecule has 1 N–H and O–H groups in total. The van der Waals surface area contributed by atoms with Gasteiger partial charge in [-0.25, -0.2) is 0 Å². The van der Waals surface area contributed by atoms with Crippen LogP contribution in [0.15, 0.2) is 0 Å². The van der Waals surface area contributed by atoms with E-state index in [2.05, 4.69) is 0 Å². The Hall–Kier alpha value is -0.250. The van der Waals surface area contributed by atoms with Crippen molar-refractivity contribution in [1.29, 1.82) is 0 Å². The first-order valence-electron chi connectivity index (χ1n) is 6.30. The third kappa shape index (κ3) is 8.47. The quantitative estimate of drug-likeness (QED) is 0.636. The van der Waals surface area contributed by atoms with Gasteiger partial charge in [0.2, 0.25) is 0 Å². The van der Waals surface area contributed by atoms with E-state index in [0.29, 0.717) is 6.42 Å². The predicted octanol–water partition coefficient (Wildman–Crippen LogP) is 4.14. The number of unbranched alkanes of at least 4 members (excludes halogenated alkanes) is 4. The molecule has 0 rings (SSSR count). The van der Waals surface area contributed by atoms with Crippen molar-refractivity contribution >= 4 is 17.7 Å². The Balaban J connectivity index is 3.67. The number of halogens is 1. The Kier molecular flexibility index (Phi) is 8.66. The first-order chi connectivity index (χ1) is 7.89. The Labute approximate surface area is 108 Å². The fourth-order valence-corrected chi connectivity index (χ4v) is 2.87. The van der Waals surface area contributed by atoms with Gasteiger partial charge in [0.1, 0.15) is 5.25 Å². The average Bonchev–Trinajstić information content (AvgIpc) is 2.19. The van der Waals surface area contributed by atoms with Crippen molar-refractivity contribution in [2.75, 3.05) is 12.4 Å². The van der Waals surface area contributed by atoms with Crippen LogP contribution in [0.4, 0.5) is 4.39 Å². The lowest BCUT2D eigenvalue weighted by atomic mass is 9.92. The molecule has 0 amide bonds. The molecule has 0 heterocycles. The van der Waals surface area contributed by atoms with Crippen molar-refractivity contribution in [2.45, 2.75) is 58.1 Å². The lowest BCUT2D eigenvalue weighted by Crippen LogP contribution is -2.31. The molecule has 0 aromatic rings. The van der Waals surface area contributed by atoms with Crippen LogP contribution in [0.25, 0.3) is 0 Å². The normalized spacial score (nSPS) is 13.6. The number of rotatable bonds is 9. The van der Waals surface area contributed by atoms with Gasteiger partial charge in [0.05, 0.1) is 6.67 Å². The molecule has 0 saturated heterocycles. The molecule has 0 aliphatic rings. The van der Waals surface area contributed by atoms with Crippen LogP contribution in [0.2, 0.25) is 0 Å². The van der Waals surface area contributed by atoms with E-state index in [1.54, 1.807) is 0 Å². The Morgan fingerprint density at radius 3 is 2.18 bits per heavy atom. The van der Waals surface area contributed by atoms with Gasteiger partial charge >= 0.3 is 5.97 Å². The maximum atomic E-state index is 11.8. The van der Waals surface area contributed by atoms with Gasteiger partial charge in [-0.05, 0) is 24.0 Å². The molecule has 1 unspecified atom stereocenters. The van der Waals surface area contributed by atoms with Gasteiger partial charge in [-0.1, -0.05) is 40.0 Å². The Morgan fingerprint density at radius 2 is 1.71 bits per heavy atom. The number of carbonyl (C=O) groups is 1. The molecule has 0 bridgehead atoms. The van der Waals surface area contributed by atoms with E-state index in [1.807, 2.05) is 20.8 Å². The topological polar surface area (TPSA) is 37.3 Å². The molecule has 2 nitrogen and oxygen atoms in total. The second-order valence-electron chi connectivity index (χ2n) is 5.41. The van der Waals surface area contributed by atoms with Crippen molar-refractivity contribution in [3.63, 3.8) is 0 Å². The van der Waals surface area contributed by atoms with Gasteiger partial charge in [0, 0.05) is 0 Å². The highest BCUT2D eigenvalue weighted by Crippen LogP contribution is 2.31. The second kappa shape index (κ2) is 8.78. The third-order valence-electron chi connectivity index (χ3n) is 2.57. The summed E-state index contributed by atoms with van der Waals surface area (Å²) in [7, 11) is 0. The van der Waals surface area contributed by atoms with Crippen LogP contribution in [-0.4, -0.2) is 28.8 Å². The third-order valence-corrected chi connectivity index (χ3v) is 4.34. The van der Waals surface area contributed by atoms with Crippen LogP contribution < -0.4 is 0 Å². The van der Waals surface area contributed by atoms with E-state index in [0.717, 1.165) is 31.4 Å². The van der Waals surface area contributed by atoms with Gasteiger partial charge < -0.3 is 5.11 Å². The summed E-state index contributed by atoms with van der Waals surface area (Å²) in [5.41, 5.74) is -0.204. The average molecular weight is 264 g/mol. The first kappa shape index (κ1) is 16.8. The maximum absolute atomic E-state index is 11.8. The zero-order valence-electron chi connectivity index (χ0n) is 11.2. The number of alkyl halides is 1. The van der Waals surface area contributed by atoms with E-state index >= 15 is 0 Å². The van der Waals surface area contributed by atoms with Gasteiger partial charge in [-0.15, -0.1) is 11.8 Å². The van der Waals surface area contributed by atoms with Gasteiger partial charge in [-0.2, -0.15) is 0 Å². The highest BCUT2D eigenvalue weighted by Gasteiger charge is 2.31. The number of carboxylic acid groups (broad SMARTS) is 1. The van der Waals surface area contributed by atoms with Gasteiger partial charge in [0.25, 0.3) is 0 Å². The van der Waals surface area contributed by atoms with Crippen LogP contribution in [0.3, 0.4) is 0 Å². The fraction of sp³-hybridized carbons (Fsp3) is 0.923. The van der Waals surface area contributed by atoms with E-state index in [9.17, 15) is 9.18 Å². The minimum absolute atomic E-state index is 0.204. The smallest absolute Gasteiger partial charge is 0.317 e. The van der Waals surface area contributed by atoms with Gasteiger partial charge in [-0.3, -0.25) is 9.18 Å². The molecule has 4 heteroatoms. The zero-order valence-corrected chi connectivity index (χ0v) is 12.0. The van der Waals surface area contributed by atoms with Crippen molar-refractivity contribution in [3.8, 4) is 0 Å². The van der Waals surface area contributed by atoms with E-state index < -0.39 is 5.97 Å². The highest BCUT2D eigenvalue weighted by molar-refractivity contribution is 8.00. The summed E-state index contributed by atoms with van der Waals surface area (Å²) in [6.07, 6.45) is 4.76. The van der Waals surface area contributed by atoms with E-state index in [4.69, 9.17) is 5.11 Å². The van der Waals surface area contributed by atoms with Gasteiger partial charge in [0.15, 0.2) is 0 Å². The van der Waals surface area contributed by atoms with Crippen LogP contribution >= 0.6 is 11.8 Å². The molecule has 17 heavy (non-hydrogen) atoms. The molecule has 0 aromatic heterocycles. The minimum Gasteiger partial charge on any atom is -0.480 e. The molecule has 0 aliphatic heterocycles. The number of hydrogen-bond acceptors (Lipinski definition) is 2. The summed E-state index contributed by atoms with van der Waals surface area (Å²) >= 11 is 1.53. The molecular formula is C13H25FO2S. The molecule has 1 atom stereocenters. The number of thioether (sulfide) groups is 1. The van der Waals surface area contributed by atoms with Crippen LogP contribution in [-0.2, 0) is 4.79 Å². The number of aliphatic carboxylic acids is 1. The molecule has 0 fully saturated rings. The standard InChI is InChI=1S/C13H25FO2S/c1-13(2,3)11(12(15)16)17-10-8-6-4-5-7-9-14/h11H,4-10H2,1-3H3,(H,15,16). The van der Waals surface area contributed by atoms with Crippen LogP contribution in [0.5, 0.6) is 0 Å². The minimum atomic E-state index is -0.722. The molecule has 0 aliphatic carbocycles. The molecule has 0 radical (unpaired) electrons. The molecular weight excluding hydrogens is 239 g/mol. The SMILES string of the molecule is CC(C)(C)C(SCCCCCCCF)C(=O)O. The van der Waals surface area contributed by atoms with Crippen molar-refractivity contribution < 1.29 is 14.3 Å². The number of hydrogen-bond donors (Lipinski definition) is 1. The predicted molar refractivity (Wildman–Crippen MR) is 72.4 cm³/mol. The highest BCUT2D eigenvalue weighted by atomic mass is 32.2. The summed E-state index contributed by atoms with van der Waals surface area (Å²) < 4.78 is 11.8. The van der Waals surface area contributed by atoms with Crippen molar-refractivity contribution in [3.05, 3.63) is 0 Å². The molecule has 102 valence electrons. The zero-order chi connectivity index (χ0) is 13.3. The van der Waals surface area contributed by atoms with E-state index in [-0.39, 0.29) is 17.3 Å². The van der Waals surface area contributed by atoms with E-state index in [1.165, 1.54) is 11.8 Å². The van der Waals surface area contributed by atoms with Crippen molar-refractivity contribution in [1.82, 2.24) is 0 Å². The van der Waals surface area contributed by atoms with Crippen LogP contribution in [0.1, 0.15) is 52.9 Å². The number of carboxylic acids is 1. The molecule has 0 saturated carbocycles. The monoisotopic (exact) mass is 264 g/mol. The summed E-state index contributed by atoms with van der Waals surface area (Å²) in [4.78, 5) is 11.1. The summed E-state index contributed by atoms with van der Waals surface area (Å²) in [5, 5.41) is 8.78.